The summed E-state index contributed by atoms with van der Waals surface area (Å²) in [5.41, 5.74) is 4.25. The van der Waals surface area contributed by atoms with Crippen molar-refractivity contribution in [2.45, 2.75) is 38.5 Å². The normalized spacial score (nSPS) is 14.1. The monoisotopic (exact) mass is 472 g/mol. The molecule has 31 heavy (non-hydrogen) atoms. The minimum atomic E-state index is 0.356. The number of nitrogens with zero attached hydrogens (tertiary/aromatic N) is 4. The topological polar surface area (TPSA) is 56.7 Å². The maximum absolute atomic E-state index is 6.55. The van der Waals surface area contributed by atoms with Crippen molar-refractivity contribution in [1.82, 2.24) is 20.0 Å². The predicted octanol–water partition coefficient (Wildman–Crippen LogP) is 7.38. The number of hydrogen-bond acceptors (Lipinski definition) is 4. The van der Waals surface area contributed by atoms with Crippen molar-refractivity contribution in [2.75, 3.05) is 0 Å². The molecule has 0 amide bonds. The Kier molecular flexibility index (Phi) is 5.51. The summed E-state index contributed by atoms with van der Waals surface area (Å²) in [6.45, 7) is 2.08. The lowest BCUT2D eigenvalue weighted by Crippen LogP contribution is -2.08. The minimum Gasteiger partial charge on any atom is -0.419 e. The van der Waals surface area contributed by atoms with Gasteiger partial charge in [0.25, 0.3) is 5.89 Å². The van der Waals surface area contributed by atoms with Crippen LogP contribution in [0.2, 0.25) is 15.1 Å². The number of benzene rings is 2. The Labute approximate surface area is 195 Å². The zero-order valence-corrected chi connectivity index (χ0v) is 19.0. The minimum absolute atomic E-state index is 0.356. The highest BCUT2D eigenvalue weighted by molar-refractivity contribution is 6.35. The van der Waals surface area contributed by atoms with Crippen molar-refractivity contribution in [3.63, 3.8) is 0 Å². The summed E-state index contributed by atoms with van der Waals surface area (Å²) in [6.07, 6.45) is 4.10. The van der Waals surface area contributed by atoms with Gasteiger partial charge in [-0.15, -0.1) is 10.2 Å². The largest absolute Gasteiger partial charge is 0.419 e. The molecule has 1 aliphatic carbocycles. The van der Waals surface area contributed by atoms with Crippen LogP contribution in [-0.2, 0) is 6.42 Å². The highest BCUT2D eigenvalue weighted by Gasteiger charge is 2.28. The maximum atomic E-state index is 6.55. The highest BCUT2D eigenvalue weighted by atomic mass is 35.5. The smallest absolute Gasteiger partial charge is 0.268 e. The Morgan fingerprint density at radius 3 is 2.39 bits per heavy atom. The van der Waals surface area contributed by atoms with Crippen molar-refractivity contribution in [3.05, 3.63) is 69.0 Å². The standard InChI is InChI=1S/C23H19Cl3N4O/c1-2-17-20(23-28-27-22(31-23)14-4-3-5-14)29-30(19-11-10-16(25)12-18(19)26)21(17)13-6-8-15(24)9-7-13/h6-12,14H,2-5H2,1H3. The third-order valence-corrected chi connectivity index (χ3v) is 6.48. The maximum Gasteiger partial charge on any atom is 0.268 e. The van der Waals surface area contributed by atoms with Gasteiger partial charge in [-0.2, -0.15) is 5.10 Å². The molecule has 8 heteroatoms. The van der Waals surface area contributed by atoms with Crippen LogP contribution in [0, 0.1) is 0 Å². The number of aromatic nitrogens is 4. The van der Waals surface area contributed by atoms with Crippen molar-refractivity contribution in [2.24, 2.45) is 0 Å². The summed E-state index contributed by atoms with van der Waals surface area (Å²) in [7, 11) is 0. The van der Waals surface area contributed by atoms with Crippen LogP contribution in [0.15, 0.2) is 46.9 Å². The molecule has 0 N–H and O–H groups in total. The first-order valence-electron chi connectivity index (χ1n) is 10.2. The molecule has 0 atom stereocenters. The fourth-order valence-electron chi connectivity index (χ4n) is 3.84. The van der Waals surface area contributed by atoms with E-state index < -0.39 is 0 Å². The van der Waals surface area contributed by atoms with Gasteiger partial charge in [0.1, 0.15) is 0 Å². The van der Waals surface area contributed by atoms with E-state index in [9.17, 15) is 0 Å². The van der Waals surface area contributed by atoms with Crippen molar-refractivity contribution in [3.8, 4) is 28.5 Å². The summed E-state index contributed by atoms with van der Waals surface area (Å²) in [4.78, 5) is 0. The van der Waals surface area contributed by atoms with Gasteiger partial charge in [-0.1, -0.05) is 60.3 Å². The summed E-state index contributed by atoms with van der Waals surface area (Å²) < 4.78 is 7.87. The zero-order chi connectivity index (χ0) is 21.5. The summed E-state index contributed by atoms with van der Waals surface area (Å²) in [5.74, 6) is 1.48. The molecule has 2 heterocycles. The third-order valence-electron chi connectivity index (χ3n) is 5.69. The van der Waals surface area contributed by atoms with Crippen molar-refractivity contribution >= 4 is 34.8 Å². The lowest BCUT2D eigenvalue weighted by atomic mass is 9.85. The average molecular weight is 474 g/mol. The molecule has 4 aromatic rings. The molecule has 0 unspecified atom stereocenters. The molecule has 5 rings (SSSR count). The lowest BCUT2D eigenvalue weighted by Gasteiger charge is -2.20. The van der Waals surface area contributed by atoms with Crippen LogP contribution in [0.25, 0.3) is 28.5 Å². The van der Waals surface area contributed by atoms with E-state index in [1.165, 1.54) is 6.42 Å². The van der Waals surface area contributed by atoms with E-state index in [2.05, 4.69) is 17.1 Å². The second-order valence-corrected chi connectivity index (χ2v) is 8.90. The predicted molar refractivity (Wildman–Crippen MR) is 123 cm³/mol. The Bertz CT molecular complexity index is 1240. The molecule has 2 aromatic carbocycles. The van der Waals surface area contributed by atoms with Crippen LogP contribution < -0.4 is 0 Å². The molecule has 0 radical (unpaired) electrons. The van der Waals surface area contributed by atoms with Gasteiger partial charge in [0.15, 0.2) is 5.69 Å². The second-order valence-electron chi connectivity index (χ2n) is 7.62. The molecule has 1 fully saturated rings. The van der Waals surface area contributed by atoms with Crippen LogP contribution in [0.3, 0.4) is 0 Å². The van der Waals surface area contributed by atoms with Crippen molar-refractivity contribution < 1.29 is 4.42 Å². The van der Waals surface area contributed by atoms with E-state index in [-0.39, 0.29) is 0 Å². The van der Waals surface area contributed by atoms with E-state index in [4.69, 9.17) is 44.3 Å². The first-order chi connectivity index (χ1) is 15.0. The molecule has 1 aliphatic rings. The Hall–Kier alpha value is -2.34. The molecule has 158 valence electrons. The van der Waals surface area contributed by atoms with Gasteiger partial charge in [-0.25, -0.2) is 4.68 Å². The molecule has 0 aliphatic heterocycles. The van der Waals surface area contributed by atoms with Gasteiger partial charge < -0.3 is 4.42 Å². The number of halogens is 3. The zero-order valence-electron chi connectivity index (χ0n) is 16.8. The molecule has 1 saturated carbocycles. The van der Waals surface area contributed by atoms with Gasteiger partial charge >= 0.3 is 0 Å². The van der Waals surface area contributed by atoms with E-state index >= 15 is 0 Å². The fraction of sp³-hybridized carbons (Fsp3) is 0.261. The Balaban J connectivity index is 1.72. The summed E-state index contributed by atoms with van der Waals surface area (Å²) >= 11 is 18.8. The number of rotatable bonds is 5. The van der Waals surface area contributed by atoms with Gasteiger partial charge in [0.2, 0.25) is 5.89 Å². The number of hydrogen-bond donors (Lipinski definition) is 0. The van der Waals surface area contributed by atoms with E-state index in [1.807, 2.05) is 35.0 Å². The van der Waals surface area contributed by atoms with Gasteiger partial charge in [-0.3, -0.25) is 0 Å². The van der Waals surface area contributed by atoms with Crippen molar-refractivity contribution in [1.29, 1.82) is 0 Å². The van der Waals surface area contributed by atoms with E-state index in [1.54, 1.807) is 12.1 Å². The van der Waals surface area contributed by atoms with Crippen LogP contribution in [-0.4, -0.2) is 20.0 Å². The molecular formula is C23H19Cl3N4O. The molecule has 2 aromatic heterocycles. The average Bonchev–Trinajstić information content (AvgIpc) is 3.32. The molecular weight excluding hydrogens is 455 g/mol. The molecule has 0 bridgehead atoms. The molecule has 5 nitrogen and oxygen atoms in total. The van der Waals surface area contributed by atoms with Crippen LogP contribution in [0.4, 0.5) is 0 Å². The fourth-order valence-corrected chi connectivity index (χ4v) is 4.45. The first kappa shape index (κ1) is 20.6. The van der Waals surface area contributed by atoms with Crippen LogP contribution >= 0.6 is 34.8 Å². The highest BCUT2D eigenvalue weighted by Crippen LogP contribution is 2.39. The SMILES string of the molecule is CCc1c(-c2nnc(C3CCC3)o2)nn(-c2ccc(Cl)cc2Cl)c1-c1ccc(Cl)cc1. The Morgan fingerprint density at radius 1 is 1.00 bits per heavy atom. The van der Waals surface area contributed by atoms with Crippen LogP contribution in [0.1, 0.15) is 43.6 Å². The summed E-state index contributed by atoms with van der Waals surface area (Å²) in [5, 5.41) is 15.2. The lowest BCUT2D eigenvalue weighted by molar-refractivity contribution is 0.338. The van der Waals surface area contributed by atoms with Gasteiger partial charge in [0.05, 0.1) is 16.4 Å². The van der Waals surface area contributed by atoms with E-state index in [0.717, 1.165) is 41.8 Å². The van der Waals surface area contributed by atoms with Gasteiger partial charge in [-0.05, 0) is 49.6 Å². The first-order valence-corrected chi connectivity index (χ1v) is 11.4. The van der Waals surface area contributed by atoms with Crippen LogP contribution in [0.5, 0.6) is 0 Å². The second kappa shape index (κ2) is 8.30. The quantitative estimate of drug-likeness (QED) is 0.303. The van der Waals surface area contributed by atoms with E-state index in [0.29, 0.717) is 38.5 Å². The summed E-state index contributed by atoms with van der Waals surface area (Å²) in [6, 6.07) is 13.0. The molecule has 0 spiro atoms. The van der Waals surface area contributed by atoms with Gasteiger partial charge in [0, 0.05) is 27.1 Å². The molecule has 0 saturated heterocycles. The Morgan fingerprint density at radius 2 is 1.74 bits per heavy atom. The third kappa shape index (κ3) is 3.75.